The van der Waals surface area contributed by atoms with Gasteiger partial charge in [-0.1, -0.05) is 23.7 Å². The van der Waals surface area contributed by atoms with Crippen molar-refractivity contribution in [3.05, 3.63) is 58.5 Å². The normalized spacial score (nSPS) is 16.0. The van der Waals surface area contributed by atoms with Gasteiger partial charge in [0, 0.05) is 28.2 Å². The summed E-state index contributed by atoms with van der Waals surface area (Å²) in [5.41, 5.74) is 1.04. The quantitative estimate of drug-likeness (QED) is 0.634. The van der Waals surface area contributed by atoms with E-state index in [0.717, 1.165) is 6.42 Å². The van der Waals surface area contributed by atoms with Gasteiger partial charge in [0.25, 0.3) is 0 Å². The molecule has 0 amide bonds. The molecular weight excluding hydrogens is 345 g/mol. The van der Waals surface area contributed by atoms with Gasteiger partial charge in [-0.05, 0) is 43.0 Å². The van der Waals surface area contributed by atoms with Crippen molar-refractivity contribution in [3.63, 3.8) is 0 Å². The third-order valence-electron chi connectivity index (χ3n) is 4.96. The molecule has 0 atom stereocenters. The number of fused-ring (bicyclic) bond motifs is 1. The first-order valence-electron chi connectivity index (χ1n) is 7.96. The molecule has 1 fully saturated rings. The molecule has 4 rings (SSSR count). The van der Waals surface area contributed by atoms with Gasteiger partial charge in [0.05, 0.1) is 16.2 Å². The van der Waals surface area contributed by atoms with Gasteiger partial charge in [-0.15, -0.1) is 0 Å². The first-order valence-corrected chi connectivity index (χ1v) is 8.33. The number of carbonyl (C=O) groups is 1. The summed E-state index contributed by atoms with van der Waals surface area (Å²) in [4.78, 5) is 14.2. The average Bonchev–Trinajstić information content (AvgIpc) is 2.94. The molecule has 3 N–H and O–H groups in total. The van der Waals surface area contributed by atoms with E-state index < -0.39 is 17.4 Å². The van der Waals surface area contributed by atoms with Crippen LogP contribution in [0.15, 0.2) is 36.5 Å². The SMILES string of the molecule is O=C(O)c1c[nH]c2cc(Cl)c(-c3ccc(C4(O)CCC4)c(F)c3)cc12. The highest BCUT2D eigenvalue weighted by atomic mass is 35.5. The van der Waals surface area contributed by atoms with E-state index in [4.69, 9.17) is 11.6 Å². The van der Waals surface area contributed by atoms with Crippen molar-refractivity contribution in [2.75, 3.05) is 0 Å². The number of benzene rings is 2. The van der Waals surface area contributed by atoms with Crippen LogP contribution >= 0.6 is 11.6 Å². The van der Waals surface area contributed by atoms with Gasteiger partial charge in [-0.2, -0.15) is 0 Å². The van der Waals surface area contributed by atoms with E-state index in [2.05, 4.69) is 4.98 Å². The summed E-state index contributed by atoms with van der Waals surface area (Å²) in [7, 11) is 0. The van der Waals surface area contributed by atoms with Crippen LogP contribution in [0.1, 0.15) is 35.2 Å². The van der Waals surface area contributed by atoms with Crippen LogP contribution in [0.25, 0.3) is 22.0 Å². The lowest BCUT2D eigenvalue weighted by molar-refractivity contribution is -0.0416. The second-order valence-electron chi connectivity index (χ2n) is 6.46. The molecule has 0 radical (unpaired) electrons. The van der Waals surface area contributed by atoms with Crippen molar-refractivity contribution in [2.45, 2.75) is 24.9 Å². The Morgan fingerprint density at radius 3 is 2.60 bits per heavy atom. The summed E-state index contributed by atoms with van der Waals surface area (Å²) in [6.45, 7) is 0. The minimum atomic E-state index is -1.08. The van der Waals surface area contributed by atoms with Crippen LogP contribution in [0.2, 0.25) is 5.02 Å². The molecule has 0 bridgehead atoms. The van der Waals surface area contributed by atoms with Crippen molar-refractivity contribution in [1.82, 2.24) is 4.98 Å². The van der Waals surface area contributed by atoms with E-state index in [1.54, 1.807) is 24.3 Å². The van der Waals surface area contributed by atoms with Gasteiger partial charge >= 0.3 is 5.97 Å². The number of H-pyrrole nitrogens is 1. The van der Waals surface area contributed by atoms with Crippen LogP contribution in [-0.2, 0) is 5.60 Å². The molecule has 1 aliphatic carbocycles. The number of nitrogens with one attached hydrogen (secondary N) is 1. The van der Waals surface area contributed by atoms with E-state index in [1.165, 1.54) is 12.3 Å². The maximum absolute atomic E-state index is 14.5. The third-order valence-corrected chi connectivity index (χ3v) is 5.27. The maximum atomic E-state index is 14.5. The summed E-state index contributed by atoms with van der Waals surface area (Å²) in [5, 5.41) is 20.5. The molecule has 0 unspecified atom stereocenters. The number of aromatic amines is 1. The second kappa shape index (κ2) is 5.58. The highest BCUT2D eigenvalue weighted by Gasteiger charge is 2.38. The molecule has 1 heterocycles. The largest absolute Gasteiger partial charge is 0.478 e. The van der Waals surface area contributed by atoms with Crippen molar-refractivity contribution < 1.29 is 19.4 Å². The van der Waals surface area contributed by atoms with Crippen LogP contribution in [0, 0.1) is 5.82 Å². The average molecular weight is 360 g/mol. The fraction of sp³-hybridized carbons (Fsp3) is 0.211. The zero-order chi connectivity index (χ0) is 17.8. The lowest BCUT2D eigenvalue weighted by atomic mass is 9.74. The number of rotatable bonds is 3. The van der Waals surface area contributed by atoms with Crippen molar-refractivity contribution in [2.24, 2.45) is 0 Å². The molecule has 2 aromatic carbocycles. The van der Waals surface area contributed by atoms with Gasteiger partial charge in [0.15, 0.2) is 0 Å². The third kappa shape index (κ3) is 2.51. The summed E-state index contributed by atoms with van der Waals surface area (Å²) < 4.78 is 14.5. The van der Waals surface area contributed by atoms with E-state index in [1.807, 2.05) is 0 Å². The van der Waals surface area contributed by atoms with E-state index >= 15 is 0 Å². The number of aromatic nitrogens is 1. The van der Waals surface area contributed by atoms with Gasteiger partial charge in [-0.25, -0.2) is 9.18 Å². The summed E-state index contributed by atoms with van der Waals surface area (Å²) in [6.07, 6.45) is 3.40. The smallest absolute Gasteiger partial charge is 0.337 e. The molecule has 0 saturated heterocycles. The number of aromatic carboxylic acids is 1. The van der Waals surface area contributed by atoms with Gasteiger partial charge in [0.2, 0.25) is 0 Å². The number of aliphatic hydroxyl groups is 1. The predicted octanol–water partition coefficient (Wildman–Crippen LogP) is 4.70. The van der Waals surface area contributed by atoms with Crippen molar-refractivity contribution in [3.8, 4) is 11.1 Å². The van der Waals surface area contributed by atoms with Crippen molar-refractivity contribution in [1.29, 1.82) is 0 Å². The Morgan fingerprint density at radius 2 is 2.00 bits per heavy atom. The van der Waals surface area contributed by atoms with Gasteiger partial charge in [-0.3, -0.25) is 0 Å². The zero-order valence-corrected chi connectivity index (χ0v) is 13.9. The van der Waals surface area contributed by atoms with E-state index in [0.29, 0.717) is 45.5 Å². The Hall–Kier alpha value is -2.37. The molecule has 128 valence electrons. The van der Waals surface area contributed by atoms with Gasteiger partial charge in [0.1, 0.15) is 5.82 Å². The Kier molecular flexibility index (Phi) is 3.60. The molecule has 4 nitrogen and oxygen atoms in total. The van der Waals surface area contributed by atoms with Gasteiger partial charge < -0.3 is 15.2 Å². The molecular formula is C19H15ClFNO3. The summed E-state index contributed by atoms with van der Waals surface area (Å²) in [6, 6.07) is 7.90. The fourth-order valence-corrected chi connectivity index (χ4v) is 3.66. The molecule has 1 aromatic heterocycles. The first kappa shape index (κ1) is 16.1. The number of carboxylic acids is 1. The van der Waals surface area contributed by atoms with Crippen LogP contribution < -0.4 is 0 Å². The van der Waals surface area contributed by atoms with Crippen molar-refractivity contribution >= 4 is 28.5 Å². The highest BCUT2D eigenvalue weighted by molar-refractivity contribution is 6.34. The highest BCUT2D eigenvalue weighted by Crippen LogP contribution is 2.43. The number of halogens is 2. The van der Waals surface area contributed by atoms with Crippen LogP contribution in [0.4, 0.5) is 4.39 Å². The minimum absolute atomic E-state index is 0.133. The van der Waals surface area contributed by atoms with Crippen LogP contribution in [-0.4, -0.2) is 21.2 Å². The van der Waals surface area contributed by atoms with E-state index in [-0.39, 0.29) is 5.56 Å². The molecule has 6 heteroatoms. The summed E-state index contributed by atoms with van der Waals surface area (Å²) >= 11 is 6.31. The lowest BCUT2D eigenvalue weighted by Gasteiger charge is -2.37. The fourth-order valence-electron chi connectivity index (χ4n) is 3.38. The molecule has 0 aliphatic heterocycles. The monoisotopic (exact) mass is 359 g/mol. The Bertz CT molecular complexity index is 1010. The number of carboxylic acid groups (broad SMARTS) is 1. The zero-order valence-electron chi connectivity index (χ0n) is 13.1. The Labute approximate surface area is 147 Å². The topological polar surface area (TPSA) is 73.3 Å². The molecule has 1 aliphatic rings. The second-order valence-corrected chi connectivity index (χ2v) is 6.87. The Morgan fingerprint density at radius 1 is 1.24 bits per heavy atom. The summed E-state index contributed by atoms with van der Waals surface area (Å²) in [5.74, 6) is -1.53. The van der Waals surface area contributed by atoms with E-state index in [9.17, 15) is 19.4 Å². The lowest BCUT2D eigenvalue weighted by Crippen LogP contribution is -2.34. The standard InChI is InChI=1S/C19H15ClFNO3/c20-15-8-17-12(13(9-22-17)18(23)24)7-11(15)10-2-3-14(16(21)6-10)19(25)4-1-5-19/h2-3,6-9,22,25H,1,4-5H2,(H,23,24). The minimum Gasteiger partial charge on any atom is -0.478 e. The van der Waals surface area contributed by atoms with Crippen LogP contribution in [0.5, 0.6) is 0 Å². The molecule has 3 aromatic rings. The molecule has 0 spiro atoms. The van der Waals surface area contributed by atoms with Crippen LogP contribution in [0.3, 0.4) is 0 Å². The number of hydrogen-bond acceptors (Lipinski definition) is 2. The molecule has 1 saturated carbocycles. The predicted molar refractivity (Wildman–Crippen MR) is 93.4 cm³/mol. The maximum Gasteiger partial charge on any atom is 0.337 e. The Balaban J connectivity index is 1.84. The molecule has 25 heavy (non-hydrogen) atoms. The first-order chi connectivity index (χ1) is 11.9. The number of hydrogen-bond donors (Lipinski definition) is 3.